The van der Waals surface area contributed by atoms with E-state index in [1.807, 2.05) is 6.07 Å². The molecule has 2 aromatic rings. The second-order valence-electron chi connectivity index (χ2n) is 3.16. The van der Waals surface area contributed by atoms with E-state index in [1.54, 1.807) is 29.1 Å². The molecule has 17 heavy (non-hydrogen) atoms. The molecule has 1 heterocycles. The standard InChI is InChI=1S/C11H9ClN2O2.Na/c1-8(15)16-11-5-3-2-4-10(11)14-7-9(12)6-13-14;/h2-7H,1H3;/q;+1. The quantitative estimate of drug-likeness (QED) is 0.413. The molecular formula is C11H9ClN2NaO2+. The maximum Gasteiger partial charge on any atom is 1.00 e. The Morgan fingerprint density at radius 2 is 2.12 bits per heavy atom. The van der Waals surface area contributed by atoms with Crippen LogP contribution in [0, 0.1) is 0 Å². The fraction of sp³-hybridized carbons (Fsp3) is 0.0909. The van der Waals surface area contributed by atoms with E-state index in [0.717, 1.165) is 0 Å². The predicted octanol–water partition coefficient (Wildman–Crippen LogP) is -0.545. The van der Waals surface area contributed by atoms with E-state index in [1.165, 1.54) is 13.1 Å². The summed E-state index contributed by atoms with van der Waals surface area (Å²) >= 11 is 5.78. The van der Waals surface area contributed by atoms with Crippen molar-refractivity contribution >= 4 is 17.6 Å². The second-order valence-corrected chi connectivity index (χ2v) is 3.60. The van der Waals surface area contributed by atoms with Crippen molar-refractivity contribution in [3.63, 3.8) is 0 Å². The molecule has 1 aromatic carbocycles. The first-order chi connectivity index (χ1) is 7.66. The predicted molar refractivity (Wildman–Crippen MR) is 59.9 cm³/mol. The van der Waals surface area contributed by atoms with E-state index in [4.69, 9.17) is 16.3 Å². The summed E-state index contributed by atoms with van der Waals surface area (Å²) in [7, 11) is 0. The van der Waals surface area contributed by atoms with E-state index >= 15 is 0 Å². The number of aromatic nitrogens is 2. The molecule has 0 unspecified atom stereocenters. The molecule has 0 atom stereocenters. The number of halogens is 1. The molecule has 0 aliphatic heterocycles. The number of ether oxygens (including phenoxy) is 1. The molecule has 6 heteroatoms. The van der Waals surface area contributed by atoms with Crippen molar-refractivity contribution in [1.29, 1.82) is 0 Å². The Kier molecular flexibility index (Phi) is 5.21. The molecule has 0 aliphatic carbocycles. The molecule has 0 saturated carbocycles. The number of carbonyl (C=O) groups excluding carboxylic acids is 1. The van der Waals surface area contributed by atoms with Gasteiger partial charge in [0.2, 0.25) is 0 Å². The summed E-state index contributed by atoms with van der Waals surface area (Å²) in [6, 6.07) is 7.11. The van der Waals surface area contributed by atoms with Gasteiger partial charge in [0.25, 0.3) is 0 Å². The minimum absolute atomic E-state index is 0. The molecule has 0 N–H and O–H groups in total. The van der Waals surface area contributed by atoms with E-state index in [0.29, 0.717) is 16.5 Å². The van der Waals surface area contributed by atoms with E-state index in [2.05, 4.69) is 5.10 Å². The van der Waals surface area contributed by atoms with E-state index < -0.39 is 0 Å². The number of esters is 1. The summed E-state index contributed by atoms with van der Waals surface area (Å²) in [4.78, 5) is 10.9. The van der Waals surface area contributed by atoms with Gasteiger partial charge in [-0.25, -0.2) is 4.68 Å². The van der Waals surface area contributed by atoms with Crippen LogP contribution in [0.25, 0.3) is 5.69 Å². The van der Waals surface area contributed by atoms with Gasteiger partial charge in [-0.1, -0.05) is 23.7 Å². The third-order valence-corrected chi connectivity index (χ3v) is 2.11. The molecular weight excluding hydrogens is 251 g/mol. The van der Waals surface area contributed by atoms with Crippen LogP contribution in [-0.4, -0.2) is 15.7 Å². The summed E-state index contributed by atoms with van der Waals surface area (Å²) in [5.41, 5.74) is 0.671. The Balaban J connectivity index is 0.00000144. The Hall–Kier alpha value is -0.810. The number of hydrogen-bond acceptors (Lipinski definition) is 3. The van der Waals surface area contributed by atoms with Crippen LogP contribution in [0.1, 0.15) is 6.92 Å². The molecule has 1 aromatic heterocycles. The third-order valence-electron chi connectivity index (χ3n) is 1.92. The monoisotopic (exact) mass is 259 g/mol. The van der Waals surface area contributed by atoms with Crippen molar-refractivity contribution in [2.75, 3.05) is 0 Å². The molecule has 82 valence electrons. The Labute approximate surface area is 126 Å². The van der Waals surface area contributed by atoms with Crippen LogP contribution in [0.5, 0.6) is 5.75 Å². The van der Waals surface area contributed by atoms with Crippen LogP contribution in [0.15, 0.2) is 36.7 Å². The molecule has 0 radical (unpaired) electrons. The normalized spacial score (nSPS) is 9.53. The van der Waals surface area contributed by atoms with Gasteiger partial charge in [0.05, 0.1) is 11.2 Å². The smallest absolute Gasteiger partial charge is 0.424 e. The second kappa shape index (κ2) is 6.21. The topological polar surface area (TPSA) is 44.1 Å². The first kappa shape index (κ1) is 14.3. The van der Waals surface area contributed by atoms with Gasteiger partial charge >= 0.3 is 35.5 Å². The van der Waals surface area contributed by atoms with Crippen LogP contribution in [0.2, 0.25) is 5.02 Å². The first-order valence-corrected chi connectivity index (χ1v) is 5.02. The third kappa shape index (κ3) is 3.57. The van der Waals surface area contributed by atoms with Crippen LogP contribution < -0.4 is 34.3 Å². The SMILES string of the molecule is CC(=O)Oc1ccccc1-n1cc(Cl)cn1.[Na+]. The minimum atomic E-state index is -0.370. The summed E-state index contributed by atoms with van der Waals surface area (Å²) < 4.78 is 6.62. The van der Waals surface area contributed by atoms with Crippen molar-refractivity contribution in [1.82, 2.24) is 9.78 Å². The van der Waals surface area contributed by atoms with Crippen LogP contribution in [0.3, 0.4) is 0 Å². The van der Waals surface area contributed by atoms with Crippen molar-refractivity contribution in [3.05, 3.63) is 41.7 Å². The molecule has 4 nitrogen and oxygen atoms in total. The zero-order valence-corrected chi connectivity index (χ0v) is 12.3. The van der Waals surface area contributed by atoms with Gasteiger partial charge in [0, 0.05) is 13.1 Å². The van der Waals surface area contributed by atoms with Crippen molar-refractivity contribution in [3.8, 4) is 11.4 Å². The molecule has 0 bridgehead atoms. The average molecular weight is 260 g/mol. The number of para-hydroxylation sites is 2. The number of rotatable bonds is 2. The van der Waals surface area contributed by atoms with Gasteiger partial charge < -0.3 is 4.74 Å². The van der Waals surface area contributed by atoms with Gasteiger partial charge in [-0.3, -0.25) is 4.79 Å². The van der Waals surface area contributed by atoms with Gasteiger partial charge in [-0.05, 0) is 12.1 Å². The summed E-state index contributed by atoms with van der Waals surface area (Å²) in [6.07, 6.45) is 3.16. The summed E-state index contributed by atoms with van der Waals surface area (Å²) in [5, 5.41) is 4.57. The van der Waals surface area contributed by atoms with Crippen molar-refractivity contribution in [2.45, 2.75) is 6.92 Å². The first-order valence-electron chi connectivity index (χ1n) is 4.65. The van der Waals surface area contributed by atoms with Gasteiger partial charge in [-0.2, -0.15) is 5.10 Å². The molecule has 0 spiro atoms. The zero-order valence-electron chi connectivity index (χ0n) is 9.55. The van der Waals surface area contributed by atoms with E-state index in [-0.39, 0.29) is 35.5 Å². The van der Waals surface area contributed by atoms with E-state index in [9.17, 15) is 4.79 Å². The molecule has 0 fully saturated rings. The molecule has 0 amide bonds. The summed E-state index contributed by atoms with van der Waals surface area (Å²) in [5.74, 6) is 0.0838. The number of benzene rings is 1. The molecule has 0 saturated heterocycles. The van der Waals surface area contributed by atoms with Crippen LogP contribution in [-0.2, 0) is 4.79 Å². The number of hydrogen-bond donors (Lipinski definition) is 0. The summed E-state index contributed by atoms with van der Waals surface area (Å²) in [6.45, 7) is 1.35. The van der Waals surface area contributed by atoms with Crippen LogP contribution in [0.4, 0.5) is 0 Å². The molecule has 2 rings (SSSR count). The number of nitrogens with zero attached hydrogens (tertiary/aromatic N) is 2. The average Bonchev–Trinajstić information content (AvgIpc) is 2.65. The fourth-order valence-corrected chi connectivity index (χ4v) is 1.46. The Morgan fingerprint density at radius 3 is 2.71 bits per heavy atom. The Bertz CT molecular complexity index is 528. The largest absolute Gasteiger partial charge is 1.00 e. The minimum Gasteiger partial charge on any atom is -0.424 e. The number of carbonyl (C=O) groups is 1. The zero-order chi connectivity index (χ0) is 11.5. The van der Waals surface area contributed by atoms with Gasteiger partial charge in [-0.15, -0.1) is 0 Å². The van der Waals surface area contributed by atoms with Gasteiger partial charge in [0.1, 0.15) is 5.69 Å². The maximum atomic E-state index is 10.9. The van der Waals surface area contributed by atoms with Crippen LogP contribution >= 0.6 is 11.6 Å². The van der Waals surface area contributed by atoms with Gasteiger partial charge in [0.15, 0.2) is 5.75 Å². The van der Waals surface area contributed by atoms with Crippen molar-refractivity contribution < 1.29 is 39.1 Å². The maximum absolute atomic E-state index is 10.9. The fourth-order valence-electron chi connectivity index (χ4n) is 1.32. The van der Waals surface area contributed by atoms with Crippen molar-refractivity contribution in [2.24, 2.45) is 0 Å². The Morgan fingerprint density at radius 1 is 1.41 bits per heavy atom. The molecule has 0 aliphatic rings.